The Bertz CT molecular complexity index is 3620. The van der Waals surface area contributed by atoms with Crippen LogP contribution in [0.1, 0.15) is 160 Å². The molecule has 0 aliphatic rings. The van der Waals surface area contributed by atoms with E-state index < -0.39 is 30.2 Å². The molecular weight excluding hydrogens is 1880 g/mol. The second kappa shape index (κ2) is 64.0. The van der Waals surface area contributed by atoms with Crippen molar-refractivity contribution in [3.8, 4) is 0 Å². The normalized spacial score (nSPS) is 10.9. The maximum absolute atomic E-state index is 11.8. The van der Waals surface area contributed by atoms with E-state index in [2.05, 4.69) is 172 Å². The number of hydrogen-bond acceptors (Lipinski definition) is 13. The van der Waals surface area contributed by atoms with Crippen LogP contribution in [0.5, 0.6) is 0 Å². The summed E-state index contributed by atoms with van der Waals surface area (Å²) < 4.78 is 53.0. The Hall–Kier alpha value is -1.06. The summed E-state index contributed by atoms with van der Waals surface area (Å²) in [5.41, 5.74) is 6.02. The topological polar surface area (TPSA) is 170 Å². The largest absolute Gasteiger partial charge is 1.00 e. The molecule has 600 valence electrons. The second-order valence-electron chi connectivity index (χ2n) is 26.1. The minimum absolute atomic E-state index is 0. The summed E-state index contributed by atoms with van der Waals surface area (Å²) >= 11 is 52.0. The van der Waals surface area contributed by atoms with E-state index in [1.807, 2.05) is 72.8 Å². The van der Waals surface area contributed by atoms with Gasteiger partial charge < -0.3 is 44.1 Å². The second-order valence-corrected chi connectivity index (χ2v) is 44.7. The number of carbonyl (C=O) groups is 4. The predicted octanol–water partition coefficient (Wildman–Crippen LogP) is 21.8. The van der Waals surface area contributed by atoms with Crippen LogP contribution in [0, 0.1) is 13.0 Å². The molecule has 0 aliphatic carbocycles. The monoisotopic (exact) mass is 1980 g/mol. The van der Waals surface area contributed by atoms with Crippen LogP contribution >= 0.6 is 157 Å². The average Bonchev–Trinajstić information content (AvgIpc) is 0.847. The fourth-order valence-corrected chi connectivity index (χ4v) is 14.5. The Morgan fingerprint density at radius 3 is 1.26 bits per heavy atom. The molecule has 0 radical (unpaired) electrons. The van der Waals surface area contributed by atoms with Crippen molar-refractivity contribution in [3.05, 3.63) is 214 Å². The Morgan fingerprint density at radius 2 is 0.881 bits per heavy atom. The van der Waals surface area contributed by atoms with Gasteiger partial charge in [0.15, 0.2) is 22.9 Å². The number of aliphatic hydroxyl groups is 1. The molecule has 0 spiro atoms. The van der Waals surface area contributed by atoms with E-state index in [0.29, 0.717) is 46.7 Å². The maximum atomic E-state index is 11.8. The molecule has 0 amide bonds. The molecule has 0 saturated carbocycles. The number of rotatable bonds is 29. The summed E-state index contributed by atoms with van der Waals surface area (Å²) in [6.45, 7) is 40.6. The van der Waals surface area contributed by atoms with Gasteiger partial charge in [0, 0.05) is 85.4 Å². The number of unbranched alkanes of at least 4 members (excludes halogenated alkanes) is 1. The first-order valence-corrected chi connectivity index (χ1v) is 48.9. The first-order chi connectivity index (χ1) is 50.1. The molecule has 29 heteroatoms. The van der Waals surface area contributed by atoms with E-state index in [-0.39, 0.29) is 92.3 Å². The third-order valence-electron chi connectivity index (χ3n) is 15.4. The molecule has 0 saturated heterocycles. The number of aryl methyl sites for hydroxylation is 4. The molecule has 0 fully saturated rings. The van der Waals surface area contributed by atoms with Gasteiger partial charge in [-0.1, -0.05) is 198 Å². The van der Waals surface area contributed by atoms with E-state index in [9.17, 15) is 23.7 Å². The third-order valence-corrected chi connectivity index (χ3v) is 31.6. The quantitative estimate of drug-likeness (QED) is 0.00688. The first-order valence-electron chi connectivity index (χ1n) is 35.1. The smallest absolute Gasteiger partial charge is 0.466 e. The van der Waals surface area contributed by atoms with Crippen LogP contribution in [0.2, 0.25) is 66.4 Å². The van der Waals surface area contributed by atoms with Crippen molar-refractivity contribution in [1.82, 2.24) is 0 Å². The van der Waals surface area contributed by atoms with Crippen molar-refractivity contribution in [2.24, 2.45) is 0 Å². The zero-order valence-electron chi connectivity index (χ0n) is 66.7. The molecule has 0 aromatic heterocycles. The first kappa shape index (κ1) is 114. The van der Waals surface area contributed by atoms with Gasteiger partial charge in [-0.3, -0.25) is 18.9 Å². The predicted molar refractivity (Wildman–Crippen MR) is 473 cm³/mol. The number of ether oxygens (including phenoxy) is 3. The SMILES string of the molecule is CC(C)(C)[Si](C)(C)OCCCc1[c-]ccc(Cl)c1.CC(C)(C)[Si](C)(C)OCCCc1cc(Cl)ccc1Br.CCOC(=O)C=Cc1cc(Cl)ccc1Br.CCOC(=O)CCc1cc(Cl)ccc1Br.CCOC(=O)CP(=O)(OCC)OCC.O=Cc1cc(Cl)ccc1Br.OCCCc1cc(Cl)ccc1Br.[CH2-]CCC.[Li+].[Li+]. The summed E-state index contributed by atoms with van der Waals surface area (Å²) in [7, 11) is -6.48. The zero-order valence-corrected chi connectivity index (χ0v) is 82.1. The van der Waals surface area contributed by atoms with Crippen molar-refractivity contribution < 1.29 is 98.7 Å². The number of benzene rings is 6. The molecule has 0 bridgehead atoms. The number of aldehydes is 1. The molecule has 13 nitrogen and oxygen atoms in total. The average molecular weight is 1990 g/mol. The third kappa shape index (κ3) is 54.5. The van der Waals surface area contributed by atoms with Gasteiger partial charge in [0.2, 0.25) is 0 Å². The summed E-state index contributed by atoms with van der Waals surface area (Å²) in [4.78, 5) is 43.5. The van der Waals surface area contributed by atoms with Crippen molar-refractivity contribution in [1.29, 1.82) is 0 Å². The van der Waals surface area contributed by atoms with Crippen molar-refractivity contribution >= 4 is 204 Å². The van der Waals surface area contributed by atoms with Gasteiger partial charge in [0.25, 0.3) is 0 Å². The Morgan fingerprint density at radius 1 is 0.514 bits per heavy atom. The molecule has 0 aliphatic heterocycles. The van der Waals surface area contributed by atoms with Gasteiger partial charge in [0.1, 0.15) is 6.16 Å². The number of carbonyl (C=O) groups excluding carboxylic acids is 4. The van der Waals surface area contributed by atoms with Gasteiger partial charge in [-0.05, 0) is 235 Å². The molecule has 109 heavy (non-hydrogen) atoms. The van der Waals surface area contributed by atoms with Crippen molar-refractivity contribution in [2.75, 3.05) is 59.0 Å². The van der Waals surface area contributed by atoms with Crippen molar-refractivity contribution in [3.63, 3.8) is 0 Å². The molecule has 6 aromatic carbocycles. The fraction of sp³-hybridized carbons (Fsp3) is 0.463. The van der Waals surface area contributed by atoms with Crippen LogP contribution in [0.15, 0.2) is 138 Å². The fourth-order valence-electron chi connectivity index (χ4n) is 7.67. The molecule has 0 heterocycles. The summed E-state index contributed by atoms with van der Waals surface area (Å²) in [5.74, 6) is -1.09. The molecule has 1 N–H and O–H groups in total. The summed E-state index contributed by atoms with van der Waals surface area (Å²) in [6.07, 6.45) is 12.5. The summed E-state index contributed by atoms with van der Waals surface area (Å²) in [6, 6.07) is 36.5. The van der Waals surface area contributed by atoms with Crippen LogP contribution in [-0.4, -0.2) is 105 Å². The van der Waals surface area contributed by atoms with Crippen molar-refractivity contribution in [2.45, 2.75) is 184 Å². The van der Waals surface area contributed by atoms with Gasteiger partial charge in [-0.15, -0.1) is 17.7 Å². The molecule has 6 rings (SSSR count). The number of halogens is 11. The maximum Gasteiger partial charge on any atom is 1.00 e. The summed E-state index contributed by atoms with van der Waals surface area (Å²) in [5, 5.41) is 13.4. The van der Waals surface area contributed by atoms with E-state index in [0.717, 1.165) is 119 Å². The number of esters is 3. The standard InChI is InChI=1S/C15H24BrClOSi.C15H24ClOSi.C11H12BrClO2.C11H10BrClO2.C9H10BrClO.C8H17O5P.C7H4BrClO.C4H9.2Li/c1-15(2,3)19(4,5)18-10-6-7-12-11-13(17)8-9-14(12)16;1-15(2,3)18(4,5)17-11-7-9-13-8-6-10-14(16)12-13;2*1-2-15-11(14)6-3-8-7-9(13)4-5-10(8)12;10-9-4-3-8(11)6-7(9)2-1-5-12;1-4-11-8(9)7-14(10,12-5-2)13-6-3;8-7-2-1-6(9)3-5(7)4-10;1-3-4-2;;/h8-9,11H,6-7,10H2,1-5H3;6,10,12H,7,9,11H2,1-5H3;4-5,7H,2-3,6H2,1H3;3-7H,2H2,1H3;3-4,6,12H,1-2,5H2;4-7H2,1-3H3;1-4H;1,3-4H2,2H3;;/q;-1;;;;;;-1;2*+1. The molecule has 0 atom stereocenters. The van der Waals surface area contributed by atoms with E-state index in [1.165, 1.54) is 23.6 Å². The minimum Gasteiger partial charge on any atom is -0.466 e. The van der Waals surface area contributed by atoms with Gasteiger partial charge >= 0.3 is 63.2 Å². The van der Waals surface area contributed by atoms with Crippen LogP contribution in [0.3, 0.4) is 0 Å². The minimum atomic E-state index is -3.28. The number of aliphatic hydroxyl groups excluding tert-OH is 1. The van der Waals surface area contributed by atoms with Crippen LogP contribution in [-0.2, 0) is 76.7 Å². The van der Waals surface area contributed by atoms with Gasteiger partial charge in [-0.25, -0.2) is 4.79 Å². The molecular formula is C80H110Br5Cl6Li2O13PSi2. The van der Waals surface area contributed by atoms with Crippen LogP contribution in [0.25, 0.3) is 6.08 Å². The van der Waals surface area contributed by atoms with E-state index in [1.54, 1.807) is 77.1 Å². The van der Waals surface area contributed by atoms with Gasteiger partial charge in [0.05, 0.1) is 33.0 Å². The van der Waals surface area contributed by atoms with E-state index >= 15 is 0 Å². The van der Waals surface area contributed by atoms with Crippen LogP contribution < -0.4 is 37.7 Å². The Labute approximate surface area is 751 Å². The molecule has 0 unspecified atom stereocenters. The van der Waals surface area contributed by atoms with E-state index in [4.69, 9.17) is 102 Å². The number of hydrogen-bond donors (Lipinski definition) is 1. The van der Waals surface area contributed by atoms with Crippen LogP contribution in [0.4, 0.5) is 0 Å². The molecule has 6 aromatic rings. The Kier molecular flexibility index (Phi) is 67.1. The Balaban J connectivity index is -0.000000587. The zero-order chi connectivity index (χ0) is 82.0. The van der Waals surface area contributed by atoms with Gasteiger partial charge in [-0.2, -0.15) is 30.2 Å².